The zero-order chi connectivity index (χ0) is 17.0. The smallest absolute Gasteiger partial charge is 0.264 e. The molecule has 24 heavy (non-hydrogen) atoms. The van der Waals surface area contributed by atoms with E-state index in [-0.39, 0.29) is 0 Å². The number of aromatic nitrogens is 1. The number of unbranched alkanes of at least 4 members (excludes halogenated alkanes) is 2. The van der Waals surface area contributed by atoms with Crippen LogP contribution in [0.25, 0.3) is 0 Å². The number of benzene rings is 1. The third-order valence-corrected chi connectivity index (χ3v) is 3.86. The summed E-state index contributed by atoms with van der Waals surface area (Å²) in [5.74, 6) is 1.04. The van der Waals surface area contributed by atoms with Crippen LogP contribution in [0.15, 0.2) is 54.9 Å². The van der Waals surface area contributed by atoms with Gasteiger partial charge in [0.15, 0.2) is 0 Å². The third-order valence-electron chi connectivity index (χ3n) is 3.86. The van der Waals surface area contributed by atoms with E-state index in [0.29, 0.717) is 0 Å². The van der Waals surface area contributed by atoms with Gasteiger partial charge in [-0.2, -0.15) is 0 Å². The van der Waals surface area contributed by atoms with Gasteiger partial charge in [-0.1, -0.05) is 44.9 Å². The first-order chi connectivity index (χ1) is 11.8. The Kier molecular flexibility index (Phi) is 7.81. The van der Waals surface area contributed by atoms with Gasteiger partial charge in [0.2, 0.25) is 0 Å². The molecule has 4 heteroatoms. The highest BCUT2D eigenvalue weighted by atomic mass is 15.2. The minimum Gasteiger partial charge on any atom is -0.264 e. The maximum atomic E-state index is 4.10. The number of rotatable bonds is 8. The number of hydrogen-bond donors (Lipinski definition) is 2. The molecule has 0 bridgehead atoms. The largest absolute Gasteiger partial charge is 0.355 e. The first-order valence-corrected chi connectivity index (χ1v) is 8.94. The fourth-order valence-electron chi connectivity index (χ4n) is 2.45. The van der Waals surface area contributed by atoms with E-state index in [2.05, 4.69) is 58.3 Å². The van der Waals surface area contributed by atoms with Gasteiger partial charge in [0.25, 0.3) is 0 Å². The summed E-state index contributed by atoms with van der Waals surface area (Å²) in [6, 6.07) is 14.3. The van der Waals surface area contributed by atoms with Crippen LogP contribution in [-0.4, -0.2) is 28.6 Å². The molecule has 1 aromatic heterocycles. The van der Waals surface area contributed by atoms with Crippen LogP contribution in [-0.2, 0) is 0 Å². The Balaban J connectivity index is 2.27. The van der Waals surface area contributed by atoms with Crippen molar-refractivity contribution in [1.29, 1.82) is 0 Å². The zero-order valence-corrected chi connectivity index (χ0v) is 14.8. The van der Waals surface area contributed by atoms with Gasteiger partial charge in [-0.05, 0) is 37.1 Å². The molecular weight excluding hydrogens is 296 g/mol. The van der Waals surface area contributed by atoms with Crippen LogP contribution in [0.4, 0.5) is 11.4 Å². The lowest BCUT2D eigenvalue weighted by Crippen LogP contribution is -2.35. The van der Waals surface area contributed by atoms with Crippen molar-refractivity contribution in [2.45, 2.75) is 39.5 Å². The van der Waals surface area contributed by atoms with Gasteiger partial charge >= 0.3 is 5.96 Å². The summed E-state index contributed by atoms with van der Waals surface area (Å²) in [7, 11) is 0. The predicted octanol–water partition coefficient (Wildman–Crippen LogP) is 4.57. The molecule has 2 aromatic rings. The van der Waals surface area contributed by atoms with Crippen LogP contribution in [0.2, 0.25) is 0 Å². The maximum absolute atomic E-state index is 4.10. The van der Waals surface area contributed by atoms with Crippen molar-refractivity contribution < 1.29 is 4.58 Å². The molecule has 0 aliphatic heterocycles. The molecule has 2 rings (SSSR count). The highest BCUT2D eigenvalue weighted by Gasteiger charge is 2.14. The van der Waals surface area contributed by atoms with Crippen molar-refractivity contribution in [3.8, 4) is 0 Å². The molecule has 0 spiro atoms. The average molecular weight is 325 g/mol. The average Bonchev–Trinajstić information content (AvgIpc) is 2.63. The van der Waals surface area contributed by atoms with Gasteiger partial charge in [0, 0.05) is 12.4 Å². The number of hydrogen-bond acceptors (Lipinski definition) is 1. The Morgan fingerprint density at radius 1 is 0.833 bits per heavy atom. The quantitative estimate of drug-likeness (QED) is 0.424. The van der Waals surface area contributed by atoms with E-state index in [1.54, 1.807) is 0 Å². The fourth-order valence-corrected chi connectivity index (χ4v) is 2.45. The summed E-state index contributed by atoms with van der Waals surface area (Å²) in [5, 5.41) is 7.09. The lowest BCUT2D eigenvalue weighted by Gasteiger charge is -2.14. The number of guanidine groups is 1. The molecule has 0 aliphatic rings. The van der Waals surface area contributed by atoms with Crippen LogP contribution in [0, 0.1) is 0 Å². The lowest BCUT2D eigenvalue weighted by molar-refractivity contribution is -0.529. The van der Waals surface area contributed by atoms with E-state index in [1.165, 1.54) is 25.7 Å². The van der Waals surface area contributed by atoms with E-state index in [0.717, 1.165) is 30.4 Å². The third kappa shape index (κ3) is 6.03. The molecule has 0 saturated heterocycles. The maximum Gasteiger partial charge on any atom is 0.355 e. The van der Waals surface area contributed by atoms with Gasteiger partial charge in [0.1, 0.15) is 5.69 Å². The molecular formula is C20H29N4+. The normalized spacial score (nSPS) is 10.2. The Hall–Kier alpha value is -2.36. The summed E-state index contributed by atoms with van der Waals surface area (Å²) < 4.78 is 2.42. The molecule has 0 saturated carbocycles. The molecule has 0 unspecified atom stereocenters. The Labute approximate surface area is 145 Å². The molecule has 0 aliphatic carbocycles. The fraction of sp³-hybridized carbons (Fsp3) is 0.400. The Morgan fingerprint density at radius 3 is 1.92 bits per heavy atom. The summed E-state index contributed by atoms with van der Waals surface area (Å²) in [4.78, 5) is 4.10. The first kappa shape index (κ1) is 18.0. The first-order valence-electron chi connectivity index (χ1n) is 8.94. The van der Waals surface area contributed by atoms with Crippen molar-refractivity contribution in [3.05, 3.63) is 54.9 Å². The minimum atomic E-state index is 1.04. The summed E-state index contributed by atoms with van der Waals surface area (Å²) in [5.41, 5.74) is 2.13. The van der Waals surface area contributed by atoms with Gasteiger partial charge in [-0.15, -0.1) is 0 Å². The molecule has 0 atom stereocenters. The number of para-hydroxylation sites is 1. The molecule has 4 nitrogen and oxygen atoms in total. The van der Waals surface area contributed by atoms with Crippen molar-refractivity contribution in [3.63, 3.8) is 0 Å². The second kappa shape index (κ2) is 10.4. The van der Waals surface area contributed by atoms with Crippen molar-refractivity contribution in [2.24, 2.45) is 0 Å². The second-order valence-electron chi connectivity index (χ2n) is 5.89. The van der Waals surface area contributed by atoms with E-state index in [4.69, 9.17) is 0 Å². The van der Waals surface area contributed by atoms with E-state index in [9.17, 15) is 0 Å². The molecule has 1 aromatic carbocycles. The van der Waals surface area contributed by atoms with E-state index in [1.807, 2.05) is 30.6 Å². The molecule has 0 fully saturated rings. The van der Waals surface area contributed by atoms with Gasteiger partial charge in [-0.25, -0.2) is 10.6 Å². The second-order valence-corrected chi connectivity index (χ2v) is 5.89. The highest BCUT2D eigenvalue weighted by Crippen LogP contribution is 2.09. The number of nitrogens with one attached hydrogen (secondary N) is 2. The summed E-state index contributed by atoms with van der Waals surface area (Å²) in [6.45, 7) is 6.56. The minimum absolute atomic E-state index is 1.04. The standard InChI is InChI=1S/C20H28N4/c1-3-5-16-24(17-6-4-2)20(22-18-10-8-7-9-11-18)23-19-12-14-21-15-13-19/h7-15H,3-6,16-17H2,1-2H3,(H,21,22,23)/p+1. The van der Waals surface area contributed by atoms with E-state index < -0.39 is 0 Å². The van der Waals surface area contributed by atoms with Gasteiger partial charge in [0.05, 0.1) is 18.8 Å². The number of nitrogens with zero attached hydrogens (tertiary/aromatic N) is 2. The summed E-state index contributed by atoms with van der Waals surface area (Å²) in [6.07, 6.45) is 8.37. The molecule has 2 N–H and O–H groups in total. The SMILES string of the molecule is CCCC[N+](CCCC)=C(Nc1ccccc1)Nc1ccncc1. The van der Waals surface area contributed by atoms with Crippen LogP contribution < -0.4 is 10.6 Å². The summed E-state index contributed by atoms with van der Waals surface area (Å²) >= 11 is 0. The van der Waals surface area contributed by atoms with Gasteiger partial charge in [-0.3, -0.25) is 9.56 Å². The monoisotopic (exact) mass is 325 g/mol. The van der Waals surface area contributed by atoms with Crippen molar-refractivity contribution >= 4 is 17.3 Å². The van der Waals surface area contributed by atoms with Crippen molar-refractivity contribution in [1.82, 2.24) is 4.98 Å². The number of pyridine rings is 1. The van der Waals surface area contributed by atoms with Crippen molar-refractivity contribution in [2.75, 3.05) is 23.7 Å². The Bertz CT molecular complexity index is 555. The van der Waals surface area contributed by atoms with Crippen LogP contribution in [0.5, 0.6) is 0 Å². The highest BCUT2D eigenvalue weighted by molar-refractivity contribution is 6.00. The topological polar surface area (TPSA) is 40.0 Å². The Morgan fingerprint density at radius 2 is 1.38 bits per heavy atom. The van der Waals surface area contributed by atoms with Crippen LogP contribution in [0.3, 0.4) is 0 Å². The van der Waals surface area contributed by atoms with Crippen LogP contribution in [0.1, 0.15) is 39.5 Å². The van der Waals surface area contributed by atoms with E-state index >= 15 is 0 Å². The van der Waals surface area contributed by atoms with Gasteiger partial charge < -0.3 is 0 Å². The lowest BCUT2D eigenvalue weighted by atomic mass is 10.3. The van der Waals surface area contributed by atoms with Crippen LogP contribution >= 0.6 is 0 Å². The predicted molar refractivity (Wildman–Crippen MR) is 103 cm³/mol. The molecule has 1 heterocycles. The number of anilines is 2. The molecule has 0 amide bonds. The molecule has 0 radical (unpaired) electrons. The zero-order valence-electron chi connectivity index (χ0n) is 14.8. The molecule has 128 valence electrons.